The molecule has 1 aromatic rings. The predicted octanol–water partition coefficient (Wildman–Crippen LogP) is 3.68. The molecule has 0 spiro atoms. The fourth-order valence-electron chi connectivity index (χ4n) is 2.14. The summed E-state index contributed by atoms with van der Waals surface area (Å²) in [5.41, 5.74) is 1.06. The van der Waals surface area contributed by atoms with Crippen molar-refractivity contribution in [3.63, 3.8) is 0 Å². The summed E-state index contributed by atoms with van der Waals surface area (Å²) in [6.45, 7) is 4.74. The van der Waals surface area contributed by atoms with Gasteiger partial charge in [0.15, 0.2) is 0 Å². The van der Waals surface area contributed by atoms with Crippen molar-refractivity contribution in [2.24, 2.45) is 5.92 Å². The Kier molecular flexibility index (Phi) is 5.80. The lowest BCUT2D eigenvalue weighted by Gasteiger charge is -2.19. The number of hydrogen-bond donors (Lipinski definition) is 1. The van der Waals surface area contributed by atoms with Crippen molar-refractivity contribution in [2.75, 3.05) is 19.7 Å². The third-order valence-electron chi connectivity index (χ3n) is 3.54. The number of halogens is 1. The van der Waals surface area contributed by atoms with E-state index in [0.717, 1.165) is 44.0 Å². The molecule has 1 N–H and O–H groups in total. The summed E-state index contributed by atoms with van der Waals surface area (Å²) >= 11 is 0. The van der Waals surface area contributed by atoms with Crippen LogP contribution in [0.5, 0.6) is 0 Å². The second-order valence-electron chi connectivity index (χ2n) is 5.35. The number of ether oxygens (including phenoxy) is 1. The number of rotatable bonds is 9. The number of nitrogens with one attached hydrogen (secondary N) is 1. The zero-order chi connectivity index (χ0) is 13.5. The van der Waals surface area contributed by atoms with Crippen molar-refractivity contribution < 1.29 is 9.13 Å². The first-order valence-corrected chi connectivity index (χ1v) is 7.37. The van der Waals surface area contributed by atoms with E-state index < -0.39 is 0 Å². The zero-order valence-corrected chi connectivity index (χ0v) is 11.7. The van der Waals surface area contributed by atoms with Crippen molar-refractivity contribution in [3.8, 4) is 0 Å². The van der Waals surface area contributed by atoms with E-state index in [9.17, 15) is 4.39 Å². The first-order chi connectivity index (χ1) is 9.29. The van der Waals surface area contributed by atoms with Crippen LogP contribution < -0.4 is 5.32 Å². The van der Waals surface area contributed by atoms with Crippen LogP contribution in [0.3, 0.4) is 0 Å². The molecule has 0 amide bonds. The van der Waals surface area contributed by atoms with E-state index in [-0.39, 0.29) is 11.9 Å². The van der Waals surface area contributed by atoms with Crippen molar-refractivity contribution in [3.05, 3.63) is 35.6 Å². The Labute approximate surface area is 115 Å². The van der Waals surface area contributed by atoms with Crippen LogP contribution in [-0.2, 0) is 4.74 Å². The van der Waals surface area contributed by atoms with Gasteiger partial charge in [-0.2, -0.15) is 0 Å². The van der Waals surface area contributed by atoms with Crippen LogP contribution in [0.2, 0.25) is 0 Å². The molecular weight excluding hydrogens is 241 g/mol. The minimum Gasteiger partial charge on any atom is -0.372 e. The lowest BCUT2D eigenvalue weighted by Crippen LogP contribution is -2.24. The van der Waals surface area contributed by atoms with E-state index in [2.05, 4.69) is 12.2 Å². The third kappa shape index (κ3) is 5.29. The van der Waals surface area contributed by atoms with Gasteiger partial charge in [0.2, 0.25) is 0 Å². The number of hydrogen-bond acceptors (Lipinski definition) is 2. The van der Waals surface area contributed by atoms with Gasteiger partial charge in [-0.25, -0.2) is 4.39 Å². The third-order valence-corrected chi connectivity index (χ3v) is 3.54. The van der Waals surface area contributed by atoms with Gasteiger partial charge < -0.3 is 10.1 Å². The fraction of sp³-hybridized carbons (Fsp3) is 0.625. The largest absolute Gasteiger partial charge is 0.372 e. The molecule has 1 aromatic carbocycles. The first kappa shape index (κ1) is 14.5. The molecule has 0 aromatic heterocycles. The van der Waals surface area contributed by atoms with Gasteiger partial charge in [0.1, 0.15) is 5.82 Å². The Balaban J connectivity index is 1.85. The molecule has 0 radical (unpaired) electrons. The Morgan fingerprint density at radius 1 is 1.32 bits per heavy atom. The van der Waals surface area contributed by atoms with Crippen LogP contribution in [0, 0.1) is 11.7 Å². The highest BCUT2D eigenvalue weighted by Gasteiger charge is 2.21. The Hall–Kier alpha value is -0.930. The van der Waals surface area contributed by atoms with Crippen LogP contribution in [0.4, 0.5) is 4.39 Å². The minimum atomic E-state index is -0.193. The smallest absolute Gasteiger partial charge is 0.123 e. The summed E-state index contributed by atoms with van der Waals surface area (Å²) in [4.78, 5) is 0. The molecule has 1 aliphatic rings. The molecule has 2 nitrogen and oxygen atoms in total. The maximum Gasteiger partial charge on any atom is 0.123 e. The SMILES string of the molecule is CCCNCC(OCCC1CC1)c1ccc(F)cc1. The fourth-order valence-corrected chi connectivity index (χ4v) is 2.14. The predicted molar refractivity (Wildman–Crippen MR) is 75.6 cm³/mol. The first-order valence-electron chi connectivity index (χ1n) is 7.37. The standard InChI is InChI=1S/C16H24FNO/c1-2-10-18-12-16(19-11-9-13-3-4-13)14-5-7-15(17)8-6-14/h5-8,13,16,18H,2-4,9-12H2,1H3. The molecule has 1 atom stereocenters. The summed E-state index contributed by atoms with van der Waals surface area (Å²) in [5, 5.41) is 3.38. The summed E-state index contributed by atoms with van der Waals surface area (Å²) in [6.07, 6.45) is 5.02. The highest BCUT2D eigenvalue weighted by Crippen LogP contribution is 2.32. The van der Waals surface area contributed by atoms with Gasteiger partial charge in [-0.1, -0.05) is 31.9 Å². The quantitative estimate of drug-likeness (QED) is 0.688. The molecule has 0 heterocycles. The van der Waals surface area contributed by atoms with Crippen molar-refractivity contribution in [1.82, 2.24) is 5.32 Å². The van der Waals surface area contributed by atoms with Crippen molar-refractivity contribution in [1.29, 1.82) is 0 Å². The molecule has 2 rings (SSSR count). The lowest BCUT2D eigenvalue weighted by molar-refractivity contribution is 0.0487. The van der Waals surface area contributed by atoms with Gasteiger partial charge in [-0.3, -0.25) is 0 Å². The highest BCUT2D eigenvalue weighted by molar-refractivity contribution is 5.19. The van der Waals surface area contributed by atoms with E-state index in [1.807, 2.05) is 12.1 Å². The Bertz CT molecular complexity index is 362. The molecule has 3 heteroatoms. The summed E-state index contributed by atoms with van der Waals surface area (Å²) in [6, 6.07) is 6.66. The molecule has 1 aliphatic carbocycles. The molecule has 0 saturated heterocycles. The summed E-state index contributed by atoms with van der Waals surface area (Å²) in [5.74, 6) is 0.694. The van der Waals surface area contributed by atoms with Crippen LogP contribution in [0.25, 0.3) is 0 Å². The Morgan fingerprint density at radius 3 is 2.68 bits per heavy atom. The molecule has 0 aliphatic heterocycles. The zero-order valence-electron chi connectivity index (χ0n) is 11.7. The second-order valence-corrected chi connectivity index (χ2v) is 5.35. The maximum absolute atomic E-state index is 13.0. The maximum atomic E-state index is 13.0. The second kappa shape index (κ2) is 7.61. The molecule has 106 valence electrons. The van der Waals surface area contributed by atoms with Gasteiger partial charge in [-0.05, 0) is 43.0 Å². The number of benzene rings is 1. The topological polar surface area (TPSA) is 21.3 Å². The van der Waals surface area contributed by atoms with Gasteiger partial charge in [0.25, 0.3) is 0 Å². The molecule has 19 heavy (non-hydrogen) atoms. The lowest BCUT2D eigenvalue weighted by atomic mass is 10.1. The van der Waals surface area contributed by atoms with E-state index in [0.29, 0.717) is 0 Å². The van der Waals surface area contributed by atoms with Crippen LogP contribution in [0.15, 0.2) is 24.3 Å². The van der Waals surface area contributed by atoms with Gasteiger partial charge in [0, 0.05) is 13.2 Å². The molecule has 1 fully saturated rings. The van der Waals surface area contributed by atoms with E-state index in [1.54, 1.807) is 0 Å². The summed E-state index contributed by atoms with van der Waals surface area (Å²) in [7, 11) is 0. The molecule has 1 unspecified atom stereocenters. The van der Waals surface area contributed by atoms with E-state index in [4.69, 9.17) is 4.74 Å². The highest BCUT2D eigenvalue weighted by atomic mass is 19.1. The van der Waals surface area contributed by atoms with Gasteiger partial charge >= 0.3 is 0 Å². The average Bonchev–Trinajstić information content (AvgIpc) is 3.22. The average molecular weight is 265 g/mol. The minimum absolute atomic E-state index is 0.0332. The molecule has 0 bridgehead atoms. The monoisotopic (exact) mass is 265 g/mol. The van der Waals surface area contributed by atoms with E-state index in [1.165, 1.54) is 25.0 Å². The van der Waals surface area contributed by atoms with Crippen LogP contribution >= 0.6 is 0 Å². The van der Waals surface area contributed by atoms with Crippen LogP contribution in [-0.4, -0.2) is 19.7 Å². The summed E-state index contributed by atoms with van der Waals surface area (Å²) < 4.78 is 18.9. The molecule has 1 saturated carbocycles. The Morgan fingerprint density at radius 2 is 2.05 bits per heavy atom. The normalized spacial score (nSPS) is 16.5. The van der Waals surface area contributed by atoms with Crippen LogP contribution in [0.1, 0.15) is 44.3 Å². The molecular formula is C16H24FNO. The van der Waals surface area contributed by atoms with Crippen molar-refractivity contribution >= 4 is 0 Å². The van der Waals surface area contributed by atoms with Gasteiger partial charge in [0.05, 0.1) is 6.10 Å². The van der Waals surface area contributed by atoms with Crippen molar-refractivity contribution in [2.45, 2.75) is 38.7 Å². The van der Waals surface area contributed by atoms with Gasteiger partial charge in [-0.15, -0.1) is 0 Å². The van der Waals surface area contributed by atoms with E-state index >= 15 is 0 Å².